The maximum Gasteiger partial charge on any atom is 0.411 e. The minimum Gasteiger partial charge on any atom is -0.444 e. The van der Waals surface area contributed by atoms with Crippen molar-refractivity contribution in [3.05, 3.63) is 41.7 Å². The molecule has 0 N–H and O–H groups in total. The highest BCUT2D eigenvalue weighted by Crippen LogP contribution is 2.36. The fourth-order valence-corrected chi connectivity index (χ4v) is 3.54. The molecule has 1 fully saturated rings. The number of nitrogens with zero attached hydrogens (tertiary/aromatic N) is 3. The van der Waals surface area contributed by atoms with Gasteiger partial charge in [-0.1, -0.05) is 23.7 Å². The molecule has 0 radical (unpaired) electrons. The van der Waals surface area contributed by atoms with Gasteiger partial charge in [-0.3, -0.25) is 9.69 Å². The number of amides is 2. The number of ether oxygens (including phenoxy) is 1. The third-order valence-electron chi connectivity index (χ3n) is 4.54. The van der Waals surface area contributed by atoms with Crippen LogP contribution in [0.25, 0.3) is 0 Å². The van der Waals surface area contributed by atoms with E-state index in [2.05, 4.69) is 11.6 Å². The largest absolute Gasteiger partial charge is 0.444 e. The number of likely N-dealkylation sites (N-methyl/N-ethyl adjacent to an activating group) is 1. The normalized spacial score (nSPS) is 19.7. The zero-order chi connectivity index (χ0) is 20.2. The van der Waals surface area contributed by atoms with Crippen molar-refractivity contribution in [2.45, 2.75) is 57.7 Å². The Bertz CT molecular complexity index is 699. The molecule has 2 heterocycles. The minimum absolute atomic E-state index is 0.124. The van der Waals surface area contributed by atoms with Gasteiger partial charge in [-0.2, -0.15) is 0 Å². The molecule has 0 aromatic carbocycles. The zero-order valence-electron chi connectivity index (χ0n) is 16.5. The lowest BCUT2D eigenvalue weighted by Crippen LogP contribution is -2.58. The van der Waals surface area contributed by atoms with Gasteiger partial charge in [0.05, 0.1) is 0 Å². The molecular weight excluding hydrogens is 366 g/mol. The van der Waals surface area contributed by atoms with Gasteiger partial charge in [0.25, 0.3) is 0 Å². The number of hydrogen-bond acceptors (Lipinski definition) is 4. The SMILES string of the molecule is C=CC[C@]1(C(=O)N(C)Cc2ccc(Cl)nc2)CCCN1C(=O)OC(C)(C)C. The molecule has 1 atom stereocenters. The van der Waals surface area contributed by atoms with E-state index in [0.29, 0.717) is 31.1 Å². The average Bonchev–Trinajstić information content (AvgIpc) is 3.00. The Hall–Kier alpha value is -2.08. The van der Waals surface area contributed by atoms with E-state index in [-0.39, 0.29) is 5.91 Å². The van der Waals surface area contributed by atoms with Crippen molar-refractivity contribution in [1.29, 1.82) is 0 Å². The molecule has 1 aromatic rings. The fraction of sp³-hybridized carbons (Fsp3) is 0.550. The number of aromatic nitrogens is 1. The average molecular weight is 394 g/mol. The predicted octanol–water partition coefficient (Wildman–Crippen LogP) is 4.04. The summed E-state index contributed by atoms with van der Waals surface area (Å²) in [6.45, 7) is 10.1. The van der Waals surface area contributed by atoms with Gasteiger partial charge in [-0.15, -0.1) is 6.58 Å². The number of likely N-dealkylation sites (tertiary alicyclic amines) is 1. The van der Waals surface area contributed by atoms with Crippen molar-refractivity contribution in [3.63, 3.8) is 0 Å². The van der Waals surface area contributed by atoms with Gasteiger partial charge in [0.15, 0.2) is 0 Å². The molecule has 0 bridgehead atoms. The molecule has 2 amide bonds. The van der Waals surface area contributed by atoms with Crippen LogP contribution in [0.15, 0.2) is 31.0 Å². The summed E-state index contributed by atoms with van der Waals surface area (Å²) in [7, 11) is 1.73. The highest BCUT2D eigenvalue weighted by molar-refractivity contribution is 6.29. The Balaban J connectivity index is 2.24. The summed E-state index contributed by atoms with van der Waals surface area (Å²) in [6, 6.07) is 3.52. The summed E-state index contributed by atoms with van der Waals surface area (Å²) >= 11 is 5.82. The predicted molar refractivity (Wildman–Crippen MR) is 105 cm³/mol. The van der Waals surface area contributed by atoms with E-state index >= 15 is 0 Å². The summed E-state index contributed by atoms with van der Waals surface area (Å²) in [5.41, 5.74) is -0.715. The molecule has 0 unspecified atom stereocenters. The van der Waals surface area contributed by atoms with Crippen molar-refractivity contribution in [2.24, 2.45) is 0 Å². The van der Waals surface area contributed by atoms with Crippen LogP contribution in [0, 0.1) is 0 Å². The molecule has 1 aromatic heterocycles. The van der Waals surface area contributed by atoms with Crippen molar-refractivity contribution < 1.29 is 14.3 Å². The first kappa shape index (κ1) is 21.2. The Kier molecular flexibility index (Phi) is 6.52. The number of carbonyl (C=O) groups is 2. The van der Waals surface area contributed by atoms with E-state index in [0.717, 1.165) is 12.0 Å². The summed E-state index contributed by atoms with van der Waals surface area (Å²) in [5, 5.41) is 0.405. The number of pyridine rings is 1. The summed E-state index contributed by atoms with van der Waals surface area (Å²) in [4.78, 5) is 33.4. The van der Waals surface area contributed by atoms with Gasteiger partial charge in [-0.05, 0) is 51.7 Å². The van der Waals surface area contributed by atoms with Crippen LogP contribution in [0.3, 0.4) is 0 Å². The van der Waals surface area contributed by atoms with E-state index in [1.54, 1.807) is 35.2 Å². The molecule has 6 nitrogen and oxygen atoms in total. The molecule has 1 aliphatic heterocycles. The van der Waals surface area contributed by atoms with E-state index in [1.165, 1.54) is 0 Å². The molecule has 27 heavy (non-hydrogen) atoms. The van der Waals surface area contributed by atoms with Crippen LogP contribution in [0.2, 0.25) is 5.15 Å². The highest BCUT2D eigenvalue weighted by Gasteiger charge is 2.51. The van der Waals surface area contributed by atoms with Gasteiger partial charge in [0, 0.05) is 26.3 Å². The van der Waals surface area contributed by atoms with Crippen molar-refractivity contribution >= 4 is 23.6 Å². The Morgan fingerprint density at radius 2 is 2.15 bits per heavy atom. The molecule has 148 valence electrons. The van der Waals surface area contributed by atoms with Gasteiger partial charge in [0.2, 0.25) is 5.91 Å². The quantitative estimate of drug-likeness (QED) is 0.559. The minimum atomic E-state index is -0.960. The van der Waals surface area contributed by atoms with Gasteiger partial charge >= 0.3 is 6.09 Å². The Morgan fingerprint density at radius 1 is 1.44 bits per heavy atom. The molecule has 1 saturated heterocycles. The fourth-order valence-electron chi connectivity index (χ4n) is 3.42. The molecule has 1 aliphatic rings. The van der Waals surface area contributed by atoms with Gasteiger partial charge in [0.1, 0.15) is 16.3 Å². The lowest BCUT2D eigenvalue weighted by Gasteiger charge is -2.39. The molecule has 7 heteroatoms. The Labute approximate surface area is 166 Å². The molecule has 2 rings (SSSR count). The van der Waals surface area contributed by atoms with E-state index in [1.807, 2.05) is 26.8 Å². The third-order valence-corrected chi connectivity index (χ3v) is 4.76. The van der Waals surface area contributed by atoms with E-state index in [4.69, 9.17) is 16.3 Å². The van der Waals surface area contributed by atoms with Crippen LogP contribution in [0.1, 0.15) is 45.6 Å². The second kappa shape index (κ2) is 8.30. The first-order valence-corrected chi connectivity index (χ1v) is 9.44. The topological polar surface area (TPSA) is 62.7 Å². The van der Waals surface area contributed by atoms with Crippen molar-refractivity contribution in [1.82, 2.24) is 14.8 Å². The van der Waals surface area contributed by atoms with Crippen molar-refractivity contribution in [2.75, 3.05) is 13.6 Å². The molecule has 0 aliphatic carbocycles. The van der Waals surface area contributed by atoms with Crippen LogP contribution in [-0.2, 0) is 16.1 Å². The first-order chi connectivity index (χ1) is 12.6. The maximum absolute atomic E-state index is 13.4. The summed E-state index contributed by atoms with van der Waals surface area (Å²) < 4.78 is 5.54. The standard InChI is InChI=1S/C20H28ClN3O3/c1-6-10-20(11-7-12-24(20)18(26)27-19(2,3)4)17(25)23(5)14-15-8-9-16(21)22-13-15/h6,8-9,13H,1,7,10-12,14H2,2-5H3/t20-/m1/s1. The van der Waals surface area contributed by atoms with Gasteiger partial charge < -0.3 is 9.64 Å². The Morgan fingerprint density at radius 3 is 2.70 bits per heavy atom. The lowest BCUT2D eigenvalue weighted by atomic mass is 9.90. The second-order valence-corrected chi connectivity index (χ2v) is 8.30. The molecular formula is C20H28ClN3O3. The van der Waals surface area contributed by atoms with E-state index < -0.39 is 17.2 Å². The summed E-state index contributed by atoms with van der Waals surface area (Å²) in [5.74, 6) is -0.124. The smallest absolute Gasteiger partial charge is 0.411 e. The van der Waals surface area contributed by atoms with Gasteiger partial charge in [-0.25, -0.2) is 9.78 Å². The first-order valence-electron chi connectivity index (χ1n) is 9.06. The number of carbonyl (C=O) groups excluding carboxylic acids is 2. The monoisotopic (exact) mass is 393 g/mol. The van der Waals surface area contributed by atoms with Crippen molar-refractivity contribution in [3.8, 4) is 0 Å². The van der Waals surface area contributed by atoms with Crippen LogP contribution >= 0.6 is 11.6 Å². The summed E-state index contributed by atoms with van der Waals surface area (Å²) in [6.07, 6.45) is 4.59. The highest BCUT2D eigenvalue weighted by atomic mass is 35.5. The van der Waals surface area contributed by atoms with Crippen LogP contribution in [0.4, 0.5) is 4.79 Å². The number of hydrogen-bond donors (Lipinski definition) is 0. The third kappa shape index (κ3) is 5.01. The van der Waals surface area contributed by atoms with E-state index in [9.17, 15) is 9.59 Å². The van der Waals surface area contributed by atoms with Crippen LogP contribution in [-0.4, -0.2) is 51.5 Å². The number of rotatable bonds is 5. The lowest BCUT2D eigenvalue weighted by molar-refractivity contribution is -0.141. The van der Waals surface area contributed by atoms with Crippen LogP contribution < -0.4 is 0 Å². The maximum atomic E-state index is 13.4. The van der Waals surface area contributed by atoms with Crippen LogP contribution in [0.5, 0.6) is 0 Å². The zero-order valence-corrected chi connectivity index (χ0v) is 17.3. The second-order valence-electron chi connectivity index (χ2n) is 7.91. The molecule has 0 spiro atoms. The molecule has 0 saturated carbocycles. The number of halogens is 1.